The fraction of sp³-hybridized carbons (Fsp3) is 0.909. The third-order valence-corrected chi connectivity index (χ3v) is 4.61. The zero-order chi connectivity index (χ0) is 11.8. The van der Waals surface area contributed by atoms with Gasteiger partial charge in [-0.3, -0.25) is 4.79 Å². The van der Waals surface area contributed by atoms with Gasteiger partial charge in [0.1, 0.15) is 0 Å². The number of hydrogen-bond donors (Lipinski definition) is 1. The number of alkyl halides is 2. The van der Waals surface area contributed by atoms with Gasteiger partial charge in [-0.25, -0.2) is 0 Å². The van der Waals surface area contributed by atoms with Crippen molar-refractivity contribution < 1.29 is 4.79 Å². The van der Waals surface area contributed by atoms with E-state index in [-0.39, 0.29) is 10.6 Å². The molecule has 0 aromatic rings. The number of rotatable bonds is 6. The van der Waals surface area contributed by atoms with E-state index in [2.05, 4.69) is 5.32 Å². The largest absolute Gasteiger partial charge is 0.353 e. The van der Waals surface area contributed by atoms with Crippen LogP contribution in [0.1, 0.15) is 38.5 Å². The molecule has 0 spiro atoms. The maximum Gasteiger partial charge on any atom is 0.222 e. The van der Waals surface area contributed by atoms with Crippen molar-refractivity contribution in [3.63, 3.8) is 0 Å². The Bertz CT molecular complexity index is 210. The quantitative estimate of drug-likeness (QED) is 0.758. The van der Waals surface area contributed by atoms with E-state index in [9.17, 15) is 4.79 Å². The standard InChI is InChI=1S/C11H19Cl2NOS/c12-6-7-16-10(13)8-11(15)14-9-4-2-1-3-5-9/h9-10H,1-8H2,(H,14,15). The van der Waals surface area contributed by atoms with Gasteiger partial charge in [0.2, 0.25) is 5.91 Å². The Balaban J connectivity index is 2.13. The summed E-state index contributed by atoms with van der Waals surface area (Å²) in [5.74, 6) is 1.46. The van der Waals surface area contributed by atoms with Crippen LogP contribution in [0.2, 0.25) is 0 Å². The summed E-state index contributed by atoms with van der Waals surface area (Å²) in [4.78, 5) is 11.6. The second-order valence-corrected chi connectivity index (χ2v) is 6.55. The van der Waals surface area contributed by atoms with Crippen LogP contribution in [-0.4, -0.2) is 28.3 Å². The van der Waals surface area contributed by atoms with Gasteiger partial charge >= 0.3 is 0 Å². The average Bonchev–Trinajstić information content (AvgIpc) is 2.27. The van der Waals surface area contributed by atoms with Gasteiger partial charge in [-0.15, -0.1) is 35.0 Å². The highest BCUT2D eigenvalue weighted by atomic mass is 35.5. The Hall–Kier alpha value is 0.400. The lowest BCUT2D eigenvalue weighted by Crippen LogP contribution is -2.36. The van der Waals surface area contributed by atoms with Gasteiger partial charge in [0.15, 0.2) is 0 Å². The van der Waals surface area contributed by atoms with Crippen LogP contribution in [0.4, 0.5) is 0 Å². The van der Waals surface area contributed by atoms with Gasteiger partial charge in [-0.1, -0.05) is 19.3 Å². The summed E-state index contributed by atoms with van der Waals surface area (Å²) in [5.41, 5.74) is 0. The van der Waals surface area contributed by atoms with Crippen molar-refractivity contribution in [2.45, 2.75) is 49.3 Å². The monoisotopic (exact) mass is 283 g/mol. The summed E-state index contributed by atoms with van der Waals surface area (Å²) < 4.78 is -0.151. The molecule has 94 valence electrons. The maximum atomic E-state index is 11.6. The van der Waals surface area contributed by atoms with E-state index in [1.165, 1.54) is 31.0 Å². The Morgan fingerprint density at radius 2 is 2.06 bits per heavy atom. The molecule has 0 aromatic heterocycles. The molecule has 0 radical (unpaired) electrons. The number of thioether (sulfide) groups is 1. The van der Waals surface area contributed by atoms with Crippen molar-refractivity contribution in [1.29, 1.82) is 0 Å². The van der Waals surface area contributed by atoms with E-state index in [0.29, 0.717) is 18.3 Å². The first-order chi connectivity index (χ1) is 7.72. The van der Waals surface area contributed by atoms with E-state index in [1.807, 2.05) is 0 Å². The molecular formula is C11H19Cl2NOS. The number of amides is 1. The summed E-state index contributed by atoms with van der Waals surface area (Å²) in [6, 6.07) is 0.378. The summed E-state index contributed by atoms with van der Waals surface area (Å²) >= 11 is 13.1. The third kappa shape index (κ3) is 6.21. The van der Waals surface area contributed by atoms with Crippen LogP contribution in [-0.2, 0) is 4.79 Å². The minimum Gasteiger partial charge on any atom is -0.353 e. The molecule has 16 heavy (non-hydrogen) atoms. The van der Waals surface area contributed by atoms with Gasteiger partial charge < -0.3 is 5.32 Å². The Kier molecular flexibility index (Phi) is 7.67. The topological polar surface area (TPSA) is 29.1 Å². The van der Waals surface area contributed by atoms with Crippen LogP contribution in [0.5, 0.6) is 0 Å². The second kappa shape index (κ2) is 8.48. The number of carbonyl (C=O) groups excluding carboxylic acids is 1. The summed E-state index contributed by atoms with van der Waals surface area (Å²) in [6.45, 7) is 0. The molecule has 1 aliphatic carbocycles. The van der Waals surface area contributed by atoms with Crippen molar-refractivity contribution in [1.82, 2.24) is 5.32 Å². The average molecular weight is 284 g/mol. The van der Waals surface area contributed by atoms with E-state index in [4.69, 9.17) is 23.2 Å². The molecule has 1 saturated carbocycles. The molecule has 1 fully saturated rings. The normalized spacial score (nSPS) is 19.4. The molecule has 0 aliphatic heterocycles. The number of nitrogens with one attached hydrogen (secondary N) is 1. The van der Waals surface area contributed by atoms with E-state index >= 15 is 0 Å². The van der Waals surface area contributed by atoms with Gasteiger partial charge in [0, 0.05) is 17.7 Å². The third-order valence-electron chi connectivity index (χ3n) is 2.69. The van der Waals surface area contributed by atoms with E-state index in [0.717, 1.165) is 18.6 Å². The first kappa shape index (κ1) is 14.5. The number of carbonyl (C=O) groups is 1. The number of halogens is 2. The molecule has 0 bridgehead atoms. The van der Waals surface area contributed by atoms with Gasteiger partial charge in [-0.05, 0) is 12.8 Å². The maximum absolute atomic E-state index is 11.6. The molecule has 2 nitrogen and oxygen atoms in total. The fourth-order valence-corrected chi connectivity index (χ4v) is 3.20. The van der Waals surface area contributed by atoms with Crippen molar-refractivity contribution in [2.75, 3.05) is 11.6 Å². The molecule has 0 heterocycles. The van der Waals surface area contributed by atoms with Crippen molar-refractivity contribution in [2.24, 2.45) is 0 Å². The highest BCUT2D eigenvalue weighted by Gasteiger charge is 2.17. The number of hydrogen-bond acceptors (Lipinski definition) is 2. The molecule has 1 amide bonds. The Labute approximate surface area is 112 Å². The zero-order valence-electron chi connectivity index (χ0n) is 9.38. The van der Waals surface area contributed by atoms with E-state index < -0.39 is 0 Å². The van der Waals surface area contributed by atoms with Crippen LogP contribution < -0.4 is 5.32 Å². The molecule has 1 unspecified atom stereocenters. The lowest BCUT2D eigenvalue weighted by molar-refractivity contribution is -0.121. The zero-order valence-corrected chi connectivity index (χ0v) is 11.7. The highest BCUT2D eigenvalue weighted by Crippen LogP contribution is 2.20. The minimum atomic E-state index is -0.151. The summed E-state index contributed by atoms with van der Waals surface area (Å²) in [6.07, 6.45) is 6.39. The molecule has 1 aliphatic rings. The first-order valence-electron chi connectivity index (χ1n) is 5.83. The predicted molar refractivity (Wildman–Crippen MR) is 72.5 cm³/mol. The first-order valence-corrected chi connectivity index (χ1v) is 7.85. The molecular weight excluding hydrogens is 265 g/mol. The lowest BCUT2D eigenvalue weighted by atomic mass is 9.95. The van der Waals surface area contributed by atoms with Crippen LogP contribution >= 0.6 is 35.0 Å². The molecule has 1 N–H and O–H groups in total. The molecule has 5 heteroatoms. The lowest BCUT2D eigenvalue weighted by Gasteiger charge is -2.23. The minimum absolute atomic E-state index is 0.0778. The van der Waals surface area contributed by atoms with Gasteiger partial charge in [0.25, 0.3) is 0 Å². The SMILES string of the molecule is O=C(CC(Cl)SCCCl)NC1CCCCC1. The van der Waals surface area contributed by atoms with Crippen LogP contribution in [0.25, 0.3) is 0 Å². The highest BCUT2D eigenvalue weighted by molar-refractivity contribution is 8.01. The van der Waals surface area contributed by atoms with Gasteiger partial charge in [-0.2, -0.15) is 0 Å². The Morgan fingerprint density at radius 3 is 2.69 bits per heavy atom. The van der Waals surface area contributed by atoms with Crippen molar-refractivity contribution in [3.8, 4) is 0 Å². The molecule has 1 rings (SSSR count). The smallest absolute Gasteiger partial charge is 0.222 e. The summed E-state index contributed by atoms with van der Waals surface area (Å²) in [5, 5.41) is 3.06. The summed E-state index contributed by atoms with van der Waals surface area (Å²) in [7, 11) is 0. The Morgan fingerprint density at radius 1 is 1.38 bits per heavy atom. The van der Waals surface area contributed by atoms with E-state index in [1.54, 1.807) is 0 Å². The van der Waals surface area contributed by atoms with Crippen molar-refractivity contribution >= 4 is 40.9 Å². The van der Waals surface area contributed by atoms with Crippen LogP contribution in [0.3, 0.4) is 0 Å². The van der Waals surface area contributed by atoms with Crippen molar-refractivity contribution in [3.05, 3.63) is 0 Å². The second-order valence-electron chi connectivity index (χ2n) is 4.08. The molecule has 0 saturated heterocycles. The van der Waals surface area contributed by atoms with Crippen LogP contribution in [0, 0.1) is 0 Å². The predicted octanol–water partition coefficient (Wildman–Crippen LogP) is 3.36. The molecule has 1 atom stereocenters. The van der Waals surface area contributed by atoms with Crippen LogP contribution in [0.15, 0.2) is 0 Å². The van der Waals surface area contributed by atoms with Gasteiger partial charge in [0.05, 0.1) is 11.1 Å². The molecule has 0 aromatic carbocycles. The fourth-order valence-electron chi connectivity index (χ4n) is 1.91.